The van der Waals surface area contributed by atoms with E-state index in [2.05, 4.69) is 34.1 Å². The van der Waals surface area contributed by atoms with E-state index in [1.54, 1.807) is 7.11 Å². The van der Waals surface area contributed by atoms with Crippen molar-refractivity contribution in [3.8, 4) is 23.8 Å². The van der Waals surface area contributed by atoms with Gasteiger partial charge in [0.2, 0.25) is 0 Å². The Bertz CT molecular complexity index is 468. The zero-order chi connectivity index (χ0) is 15.0. The molecule has 20 heavy (non-hydrogen) atoms. The second kappa shape index (κ2) is 8.89. The first-order chi connectivity index (χ1) is 9.65. The second-order valence-corrected chi connectivity index (χ2v) is 5.29. The Hall–Kier alpha value is -1.18. The number of terminal acetylenes is 1. The molecule has 1 rings (SSSR count). The first-order valence-electron chi connectivity index (χ1n) is 6.84. The molecule has 0 fully saturated rings. The lowest BCUT2D eigenvalue weighted by Crippen LogP contribution is -2.26. The van der Waals surface area contributed by atoms with Gasteiger partial charge in [-0.05, 0) is 47.0 Å². The van der Waals surface area contributed by atoms with Crippen LogP contribution in [-0.2, 0) is 6.54 Å². The molecule has 0 aliphatic heterocycles. The normalized spacial score (nSPS) is 11.8. The molecule has 110 valence electrons. The number of hydrogen-bond acceptors (Lipinski definition) is 3. The number of halogens is 1. The highest BCUT2D eigenvalue weighted by molar-refractivity contribution is 9.10. The van der Waals surface area contributed by atoms with Crippen LogP contribution in [0.15, 0.2) is 16.6 Å². The fourth-order valence-corrected chi connectivity index (χ4v) is 2.54. The fourth-order valence-electron chi connectivity index (χ4n) is 1.93. The SMILES string of the molecule is C#CC(CCC)NCc1cc(Br)c(OCC)c(OC)c1. The summed E-state index contributed by atoms with van der Waals surface area (Å²) in [4.78, 5) is 0. The molecule has 0 aromatic heterocycles. The predicted octanol–water partition coefficient (Wildman–Crippen LogP) is 3.75. The van der Waals surface area contributed by atoms with Crippen LogP contribution in [0.25, 0.3) is 0 Å². The summed E-state index contributed by atoms with van der Waals surface area (Å²) >= 11 is 3.52. The number of ether oxygens (including phenoxy) is 2. The van der Waals surface area contributed by atoms with Gasteiger partial charge in [0.05, 0.1) is 24.2 Å². The third kappa shape index (κ3) is 4.73. The number of rotatable bonds is 8. The third-order valence-electron chi connectivity index (χ3n) is 2.91. The molecule has 1 aromatic carbocycles. The van der Waals surface area contributed by atoms with Crippen molar-refractivity contribution in [2.75, 3.05) is 13.7 Å². The van der Waals surface area contributed by atoms with Gasteiger partial charge in [-0.15, -0.1) is 6.42 Å². The summed E-state index contributed by atoms with van der Waals surface area (Å²) in [5, 5.41) is 3.36. The molecule has 0 saturated heterocycles. The van der Waals surface area contributed by atoms with Crippen molar-refractivity contribution >= 4 is 15.9 Å². The zero-order valence-electron chi connectivity index (χ0n) is 12.3. The Morgan fingerprint density at radius 2 is 2.15 bits per heavy atom. The van der Waals surface area contributed by atoms with E-state index in [0.717, 1.165) is 34.4 Å². The summed E-state index contributed by atoms with van der Waals surface area (Å²) in [5.41, 5.74) is 1.11. The monoisotopic (exact) mass is 339 g/mol. The predicted molar refractivity (Wildman–Crippen MR) is 86.2 cm³/mol. The van der Waals surface area contributed by atoms with Gasteiger partial charge in [0.15, 0.2) is 11.5 Å². The van der Waals surface area contributed by atoms with Gasteiger partial charge >= 0.3 is 0 Å². The van der Waals surface area contributed by atoms with Crippen LogP contribution < -0.4 is 14.8 Å². The van der Waals surface area contributed by atoms with Crippen molar-refractivity contribution in [1.29, 1.82) is 0 Å². The third-order valence-corrected chi connectivity index (χ3v) is 3.50. The molecule has 1 aromatic rings. The molecule has 3 nitrogen and oxygen atoms in total. The first kappa shape index (κ1) is 16.9. The molecule has 1 N–H and O–H groups in total. The summed E-state index contributed by atoms with van der Waals surface area (Å²) in [6.45, 7) is 5.38. The van der Waals surface area contributed by atoms with Gasteiger partial charge in [-0.2, -0.15) is 0 Å². The van der Waals surface area contributed by atoms with Crippen LogP contribution in [0, 0.1) is 12.3 Å². The van der Waals surface area contributed by atoms with Crippen molar-refractivity contribution in [3.05, 3.63) is 22.2 Å². The fraction of sp³-hybridized carbons (Fsp3) is 0.500. The molecule has 0 heterocycles. The maximum Gasteiger partial charge on any atom is 0.175 e. The zero-order valence-corrected chi connectivity index (χ0v) is 13.9. The molecule has 1 unspecified atom stereocenters. The minimum absolute atomic E-state index is 0.108. The second-order valence-electron chi connectivity index (χ2n) is 4.43. The van der Waals surface area contributed by atoms with E-state index in [4.69, 9.17) is 15.9 Å². The summed E-state index contributed by atoms with van der Waals surface area (Å²) in [6.07, 6.45) is 7.55. The Morgan fingerprint density at radius 1 is 1.40 bits per heavy atom. The lowest BCUT2D eigenvalue weighted by Gasteiger charge is -2.15. The Kier molecular flexibility index (Phi) is 7.50. The minimum atomic E-state index is 0.108. The number of nitrogens with one attached hydrogen (secondary N) is 1. The van der Waals surface area contributed by atoms with Gasteiger partial charge in [-0.1, -0.05) is 19.3 Å². The smallest absolute Gasteiger partial charge is 0.175 e. The highest BCUT2D eigenvalue weighted by Crippen LogP contribution is 2.36. The molecule has 0 aliphatic carbocycles. The minimum Gasteiger partial charge on any atom is -0.493 e. The van der Waals surface area contributed by atoms with E-state index in [-0.39, 0.29) is 6.04 Å². The summed E-state index contributed by atoms with van der Waals surface area (Å²) < 4.78 is 11.8. The average molecular weight is 340 g/mol. The number of hydrogen-bond donors (Lipinski definition) is 1. The van der Waals surface area contributed by atoms with E-state index in [1.807, 2.05) is 19.1 Å². The van der Waals surface area contributed by atoms with Crippen LogP contribution in [0.2, 0.25) is 0 Å². The van der Waals surface area contributed by atoms with Crippen molar-refractivity contribution in [1.82, 2.24) is 5.32 Å². The number of methoxy groups -OCH3 is 1. The maximum atomic E-state index is 5.57. The Morgan fingerprint density at radius 3 is 2.70 bits per heavy atom. The molecule has 0 amide bonds. The van der Waals surface area contributed by atoms with Crippen molar-refractivity contribution < 1.29 is 9.47 Å². The van der Waals surface area contributed by atoms with Crippen LogP contribution in [-0.4, -0.2) is 19.8 Å². The van der Waals surface area contributed by atoms with Crippen LogP contribution in [0.3, 0.4) is 0 Å². The maximum absolute atomic E-state index is 5.57. The van der Waals surface area contributed by atoms with Gasteiger partial charge < -0.3 is 9.47 Å². The first-order valence-corrected chi connectivity index (χ1v) is 7.64. The number of benzene rings is 1. The molecule has 0 aliphatic rings. The average Bonchev–Trinajstić information content (AvgIpc) is 2.45. The lowest BCUT2D eigenvalue weighted by atomic mass is 10.1. The van der Waals surface area contributed by atoms with Crippen molar-refractivity contribution in [2.45, 2.75) is 39.3 Å². The van der Waals surface area contributed by atoms with E-state index in [1.165, 1.54) is 0 Å². The van der Waals surface area contributed by atoms with Crippen molar-refractivity contribution in [3.63, 3.8) is 0 Å². The van der Waals surface area contributed by atoms with Gasteiger partial charge in [0, 0.05) is 6.54 Å². The quantitative estimate of drug-likeness (QED) is 0.731. The summed E-state index contributed by atoms with van der Waals surface area (Å²) in [5.74, 6) is 4.23. The molecule has 1 atom stereocenters. The van der Waals surface area contributed by atoms with Crippen LogP contribution >= 0.6 is 15.9 Å². The van der Waals surface area contributed by atoms with Gasteiger partial charge in [-0.3, -0.25) is 5.32 Å². The largest absolute Gasteiger partial charge is 0.493 e. The topological polar surface area (TPSA) is 30.5 Å². The standard InChI is InChI=1S/C16H22BrNO2/c1-5-8-13(6-2)18-11-12-9-14(17)16(20-7-3)15(10-12)19-4/h2,9-10,13,18H,5,7-8,11H2,1,3-4H3. The van der Waals surface area contributed by atoms with Gasteiger partial charge in [0.1, 0.15) is 0 Å². The Balaban J connectivity index is 2.82. The molecule has 0 saturated carbocycles. The van der Waals surface area contributed by atoms with E-state index in [9.17, 15) is 0 Å². The Labute approximate surface area is 130 Å². The van der Waals surface area contributed by atoms with Crippen LogP contribution in [0.5, 0.6) is 11.5 Å². The molecular formula is C16H22BrNO2. The summed E-state index contributed by atoms with van der Waals surface area (Å²) in [6, 6.07) is 4.11. The molecule has 4 heteroatoms. The molecule has 0 bridgehead atoms. The van der Waals surface area contributed by atoms with Crippen molar-refractivity contribution in [2.24, 2.45) is 0 Å². The molecule has 0 spiro atoms. The van der Waals surface area contributed by atoms with Crippen LogP contribution in [0.1, 0.15) is 32.3 Å². The van der Waals surface area contributed by atoms with E-state index < -0.39 is 0 Å². The highest BCUT2D eigenvalue weighted by atomic mass is 79.9. The molecule has 0 radical (unpaired) electrons. The van der Waals surface area contributed by atoms with Gasteiger partial charge in [-0.25, -0.2) is 0 Å². The molecular weight excluding hydrogens is 318 g/mol. The van der Waals surface area contributed by atoms with E-state index >= 15 is 0 Å². The summed E-state index contributed by atoms with van der Waals surface area (Å²) in [7, 11) is 1.64. The highest BCUT2D eigenvalue weighted by Gasteiger charge is 2.12. The van der Waals surface area contributed by atoms with Gasteiger partial charge in [0.25, 0.3) is 0 Å². The van der Waals surface area contributed by atoms with E-state index in [0.29, 0.717) is 13.2 Å². The van der Waals surface area contributed by atoms with Crippen LogP contribution in [0.4, 0.5) is 0 Å². The lowest BCUT2D eigenvalue weighted by molar-refractivity contribution is 0.308.